The fourth-order valence-electron chi connectivity index (χ4n) is 5.73. The number of pyridine rings is 1. The van der Waals surface area contributed by atoms with Crippen LogP contribution < -0.4 is 5.32 Å². The van der Waals surface area contributed by atoms with Crippen LogP contribution in [0.15, 0.2) is 35.1 Å². The van der Waals surface area contributed by atoms with Gasteiger partial charge in [0.1, 0.15) is 11.5 Å². The minimum absolute atomic E-state index is 0.0946. The maximum atomic E-state index is 15.1. The molecule has 1 N–H and O–H groups in total. The summed E-state index contributed by atoms with van der Waals surface area (Å²) < 4.78 is 43.5. The molecule has 6 rings (SSSR count). The molecule has 3 aliphatic rings. The van der Waals surface area contributed by atoms with E-state index in [0.29, 0.717) is 31.0 Å². The molecule has 7 nitrogen and oxygen atoms in total. The number of nitrogens with one attached hydrogen (secondary N) is 1. The van der Waals surface area contributed by atoms with Crippen LogP contribution in [0.25, 0.3) is 11.3 Å². The van der Waals surface area contributed by atoms with Gasteiger partial charge in [0.25, 0.3) is 11.8 Å². The van der Waals surface area contributed by atoms with Crippen molar-refractivity contribution in [3.8, 4) is 11.3 Å². The van der Waals surface area contributed by atoms with E-state index in [4.69, 9.17) is 14.3 Å². The lowest BCUT2D eigenvalue weighted by molar-refractivity contribution is 0.0158. The summed E-state index contributed by atoms with van der Waals surface area (Å²) in [6.07, 6.45) is 10.6. The summed E-state index contributed by atoms with van der Waals surface area (Å²) in [7, 11) is 0. The molecule has 1 saturated heterocycles. The number of carbonyl (C=O) groups is 1. The monoisotopic (exact) mass is 482 g/mol. The Morgan fingerprint density at radius 1 is 1.29 bits per heavy atom. The van der Waals surface area contributed by atoms with Crippen molar-refractivity contribution in [2.24, 2.45) is 0 Å². The normalized spacial score (nSPS) is 20.4. The van der Waals surface area contributed by atoms with E-state index >= 15 is 8.78 Å². The first-order valence-electron chi connectivity index (χ1n) is 12.2. The smallest absolute Gasteiger partial charge is 0.287 e. The van der Waals surface area contributed by atoms with Crippen LogP contribution in [-0.4, -0.2) is 39.9 Å². The molecular formula is C26H28F2N4O3. The number of aromatic nitrogens is 3. The molecule has 1 atom stereocenters. The summed E-state index contributed by atoms with van der Waals surface area (Å²) >= 11 is 0. The summed E-state index contributed by atoms with van der Waals surface area (Å²) in [5.74, 6) is -3.78. The number of alkyl halides is 2. The Balaban J connectivity index is 1.41. The van der Waals surface area contributed by atoms with Gasteiger partial charge in [0.2, 0.25) is 5.76 Å². The molecule has 2 fully saturated rings. The summed E-state index contributed by atoms with van der Waals surface area (Å²) in [5, 5.41) is 7.52. The van der Waals surface area contributed by atoms with E-state index in [1.807, 2.05) is 18.3 Å². The highest BCUT2D eigenvalue weighted by atomic mass is 19.3. The van der Waals surface area contributed by atoms with E-state index in [0.717, 1.165) is 50.2 Å². The fraction of sp³-hybridized carbons (Fsp3) is 0.500. The van der Waals surface area contributed by atoms with Gasteiger partial charge in [0.15, 0.2) is 0 Å². The maximum absolute atomic E-state index is 15.1. The van der Waals surface area contributed by atoms with Crippen molar-refractivity contribution in [3.63, 3.8) is 0 Å². The summed E-state index contributed by atoms with van der Waals surface area (Å²) in [4.78, 5) is 17.1. The molecule has 0 unspecified atom stereocenters. The Hall–Kier alpha value is -3.07. The lowest BCUT2D eigenvalue weighted by Gasteiger charge is -2.43. The average Bonchev–Trinajstić information content (AvgIpc) is 3.53. The molecule has 0 radical (unpaired) electrons. The Labute approximate surface area is 201 Å². The Kier molecular flexibility index (Phi) is 5.28. The zero-order valence-electron chi connectivity index (χ0n) is 19.7. The van der Waals surface area contributed by atoms with Gasteiger partial charge < -0.3 is 14.5 Å². The minimum Gasteiger partial charge on any atom is -0.455 e. The molecule has 4 heterocycles. The van der Waals surface area contributed by atoms with Crippen molar-refractivity contribution in [2.75, 3.05) is 13.2 Å². The predicted octanol–water partition coefficient (Wildman–Crippen LogP) is 4.58. The fourth-order valence-corrected chi connectivity index (χ4v) is 5.73. The molecule has 0 aromatic carbocycles. The van der Waals surface area contributed by atoms with E-state index in [2.05, 4.69) is 10.3 Å². The third-order valence-corrected chi connectivity index (χ3v) is 7.61. The van der Waals surface area contributed by atoms with Gasteiger partial charge in [-0.2, -0.15) is 5.10 Å². The van der Waals surface area contributed by atoms with Crippen molar-refractivity contribution in [1.29, 1.82) is 0 Å². The largest absolute Gasteiger partial charge is 0.455 e. The average molecular weight is 483 g/mol. The van der Waals surface area contributed by atoms with Crippen LogP contribution in [0.2, 0.25) is 0 Å². The number of hydrogen-bond acceptors (Lipinski definition) is 5. The molecule has 3 aromatic heterocycles. The topological polar surface area (TPSA) is 82.2 Å². The van der Waals surface area contributed by atoms with Gasteiger partial charge in [0.05, 0.1) is 23.8 Å². The summed E-state index contributed by atoms with van der Waals surface area (Å²) in [6, 6.07) is 3.82. The number of hydrogen-bond donors (Lipinski definition) is 1. The molecule has 9 heteroatoms. The van der Waals surface area contributed by atoms with E-state index in [1.54, 1.807) is 17.1 Å². The number of rotatable bonds is 6. The second-order valence-electron chi connectivity index (χ2n) is 10.1. The van der Waals surface area contributed by atoms with Gasteiger partial charge in [0, 0.05) is 56.1 Å². The quantitative estimate of drug-likeness (QED) is 0.556. The second-order valence-corrected chi connectivity index (χ2v) is 10.1. The van der Waals surface area contributed by atoms with Gasteiger partial charge in [-0.15, -0.1) is 0 Å². The number of amides is 1. The molecule has 1 amide bonds. The van der Waals surface area contributed by atoms with Gasteiger partial charge in [-0.3, -0.25) is 14.5 Å². The molecule has 35 heavy (non-hydrogen) atoms. The van der Waals surface area contributed by atoms with E-state index in [-0.39, 0.29) is 35.0 Å². The van der Waals surface area contributed by atoms with Crippen molar-refractivity contribution in [3.05, 3.63) is 58.9 Å². The van der Waals surface area contributed by atoms with Gasteiger partial charge in [-0.25, -0.2) is 8.78 Å². The highest BCUT2D eigenvalue weighted by Gasteiger charge is 2.50. The molecule has 1 aliphatic heterocycles. The van der Waals surface area contributed by atoms with Crippen LogP contribution in [0.5, 0.6) is 0 Å². The van der Waals surface area contributed by atoms with Crippen LogP contribution in [-0.2, 0) is 29.0 Å². The number of furan rings is 1. The molecule has 184 valence electrons. The molecule has 1 spiro atoms. The van der Waals surface area contributed by atoms with E-state index < -0.39 is 11.8 Å². The zero-order chi connectivity index (χ0) is 24.2. The Morgan fingerprint density at radius 3 is 2.74 bits per heavy atom. The molecule has 1 saturated carbocycles. The highest BCUT2D eigenvalue weighted by molar-refractivity contribution is 5.96. The third kappa shape index (κ3) is 3.86. The number of halogens is 2. The predicted molar refractivity (Wildman–Crippen MR) is 123 cm³/mol. The van der Waals surface area contributed by atoms with Gasteiger partial charge in [-0.05, 0) is 43.4 Å². The van der Waals surface area contributed by atoms with Crippen LogP contribution >= 0.6 is 0 Å². The van der Waals surface area contributed by atoms with Crippen LogP contribution in [0.1, 0.15) is 72.0 Å². The van der Waals surface area contributed by atoms with Crippen LogP contribution in [0.4, 0.5) is 8.78 Å². The molecule has 0 bridgehead atoms. The summed E-state index contributed by atoms with van der Waals surface area (Å²) in [6.45, 7) is 2.25. The molecule has 2 aliphatic carbocycles. The molecule has 3 aromatic rings. The first kappa shape index (κ1) is 22.4. The zero-order valence-corrected chi connectivity index (χ0v) is 19.7. The number of fused-ring (bicyclic) bond motifs is 4. The minimum atomic E-state index is -3.27. The van der Waals surface area contributed by atoms with Crippen molar-refractivity contribution in [2.45, 2.75) is 69.4 Å². The lowest BCUT2D eigenvalue weighted by Crippen LogP contribution is -2.38. The Bertz CT molecular complexity index is 1250. The SMILES string of the molecule is CC(F)(F)c1c(C(=O)NC[C@@H]2CCCO2)oc2c1-c1nn(Cc3ccncc3)cc1C1(CCC1)C2. The van der Waals surface area contributed by atoms with E-state index in [1.165, 1.54) is 0 Å². The number of nitrogens with zero attached hydrogens (tertiary/aromatic N) is 3. The van der Waals surface area contributed by atoms with Crippen molar-refractivity contribution < 1.29 is 22.7 Å². The van der Waals surface area contributed by atoms with Gasteiger partial charge in [-0.1, -0.05) is 6.42 Å². The molecular weight excluding hydrogens is 454 g/mol. The van der Waals surface area contributed by atoms with Crippen LogP contribution in [0, 0.1) is 0 Å². The maximum Gasteiger partial charge on any atom is 0.287 e. The first-order chi connectivity index (χ1) is 16.8. The Morgan fingerprint density at radius 2 is 2.09 bits per heavy atom. The van der Waals surface area contributed by atoms with E-state index in [9.17, 15) is 4.79 Å². The highest BCUT2D eigenvalue weighted by Crippen LogP contribution is 2.56. The third-order valence-electron chi connectivity index (χ3n) is 7.61. The second kappa shape index (κ2) is 8.26. The first-order valence-corrected chi connectivity index (χ1v) is 12.2. The van der Waals surface area contributed by atoms with Gasteiger partial charge >= 0.3 is 0 Å². The number of carbonyl (C=O) groups excluding carboxylic acids is 1. The summed E-state index contributed by atoms with van der Waals surface area (Å²) in [5.41, 5.74) is 2.23. The standard InChI is InChI=1S/C26H28F2N4O3/c1-25(27,28)21-20-19(35-23(21)24(33)30-13-17-4-2-11-34-17)12-26(7-3-8-26)18-15-32(31-22(18)20)14-16-5-9-29-10-6-16/h5-6,9-10,15,17H,2-4,7-8,11-14H2,1H3,(H,30,33)/t17-/m0/s1. The van der Waals surface area contributed by atoms with Crippen molar-refractivity contribution >= 4 is 5.91 Å². The lowest BCUT2D eigenvalue weighted by atomic mass is 9.59. The number of ether oxygens (including phenoxy) is 1. The van der Waals surface area contributed by atoms with Crippen LogP contribution in [0.3, 0.4) is 0 Å². The van der Waals surface area contributed by atoms with Crippen molar-refractivity contribution in [1.82, 2.24) is 20.1 Å².